The van der Waals surface area contributed by atoms with Gasteiger partial charge < -0.3 is 15.6 Å². The molecule has 15 heavy (non-hydrogen) atoms. The van der Waals surface area contributed by atoms with E-state index in [1.54, 1.807) is 14.2 Å². The lowest BCUT2D eigenvalue weighted by Gasteiger charge is -2.11. The second-order valence-electron chi connectivity index (χ2n) is 3.26. The zero-order chi connectivity index (χ0) is 10.4. The summed E-state index contributed by atoms with van der Waals surface area (Å²) in [5, 5.41) is 1.37. The van der Waals surface area contributed by atoms with Crippen LogP contribution in [0, 0.1) is 0 Å². The standard InChI is InChI=1S/C11H18O2Si.H3N/c1-4-8-14-10-7-5-6-9(12-2)11(10)13-3;/h5-7H,4,8,14H2,1-3H3;1H3. The molecule has 0 aliphatic rings. The number of benzene rings is 1. The molecule has 1 aromatic carbocycles. The molecule has 0 bridgehead atoms. The van der Waals surface area contributed by atoms with Crippen LogP contribution in [-0.4, -0.2) is 23.7 Å². The summed E-state index contributed by atoms with van der Waals surface area (Å²) >= 11 is 0. The Hall–Kier alpha value is -1.00. The summed E-state index contributed by atoms with van der Waals surface area (Å²) in [5.74, 6) is 1.80. The summed E-state index contributed by atoms with van der Waals surface area (Å²) in [5.41, 5.74) is 0. The molecular formula is C11H21NO2Si. The molecule has 0 aliphatic heterocycles. The molecule has 0 fully saturated rings. The van der Waals surface area contributed by atoms with Crippen molar-refractivity contribution in [3.8, 4) is 11.5 Å². The lowest BCUT2D eigenvalue weighted by molar-refractivity contribution is 0.357. The van der Waals surface area contributed by atoms with Crippen molar-refractivity contribution in [2.75, 3.05) is 14.2 Å². The van der Waals surface area contributed by atoms with E-state index < -0.39 is 0 Å². The zero-order valence-corrected chi connectivity index (χ0v) is 11.3. The fourth-order valence-electron chi connectivity index (χ4n) is 1.52. The molecule has 0 atom stereocenters. The Kier molecular flexibility index (Phi) is 6.82. The summed E-state index contributed by atoms with van der Waals surface area (Å²) < 4.78 is 10.6. The number of hydrogen-bond acceptors (Lipinski definition) is 3. The minimum Gasteiger partial charge on any atom is -0.493 e. The lowest BCUT2D eigenvalue weighted by Crippen LogP contribution is -2.16. The van der Waals surface area contributed by atoms with Gasteiger partial charge in [0.15, 0.2) is 11.5 Å². The van der Waals surface area contributed by atoms with E-state index >= 15 is 0 Å². The lowest BCUT2D eigenvalue weighted by atomic mass is 10.3. The average Bonchev–Trinajstić information content (AvgIpc) is 2.25. The van der Waals surface area contributed by atoms with Crippen molar-refractivity contribution in [2.45, 2.75) is 19.4 Å². The van der Waals surface area contributed by atoms with Crippen molar-refractivity contribution >= 4 is 14.7 Å². The molecule has 0 radical (unpaired) electrons. The molecular weight excluding hydrogens is 206 g/mol. The number of methoxy groups -OCH3 is 2. The van der Waals surface area contributed by atoms with Crippen LogP contribution in [0.3, 0.4) is 0 Å². The molecule has 0 amide bonds. The molecule has 3 nitrogen and oxygen atoms in total. The number of rotatable bonds is 5. The molecule has 1 aromatic rings. The maximum Gasteiger partial charge on any atom is 0.160 e. The third kappa shape index (κ3) is 3.57. The predicted molar refractivity (Wildman–Crippen MR) is 67.8 cm³/mol. The molecule has 0 unspecified atom stereocenters. The molecule has 0 saturated heterocycles. The Bertz CT molecular complexity index is 292. The van der Waals surface area contributed by atoms with E-state index in [0.29, 0.717) is 0 Å². The average molecular weight is 227 g/mol. The maximum atomic E-state index is 5.37. The number of para-hydroxylation sites is 1. The molecule has 0 aliphatic carbocycles. The van der Waals surface area contributed by atoms with Gasteiger partial charge in [0.05, 0.1) is 23.7 Å². The summed E-state index contributed by atoms with van der Waals surface area (Å²) in [6.45, 7) is 2.22. The van der Waals surface area contributed by atoms with Crippen LogP contribution < -0.4 is 20.8 Å². The van der Waals surface area contributed by atoms with Crippen LogP contribution in [0.15, 0.2) is 18.2 Å². The largest absolute Gasteiger partial charge is 0.493 e. The van der Waals surface area contributed by atoms with Gasteiger partial charge in [-0.1, -0.05) is 31.5 Å². The van der Waals surface area contributed by atoms with Gasteiger partial charge >= 0.3 is 0 Å². The smallest absolute Gasteiger partial charge is 0.160 e. The molecule has 3 N–H and O–H groups in total. The fraction of sp³-hybridized carbons (Fsp3) is 0.455. The molecule has 0 aromatic heterocycles. The number of ether oxygens (including phenoxy) is 2. The fourth-order valence-corrected chi connectivity index (χ4v) is 3.10. The first-order chi connectivity index (χ1) is 6.83. The minimum absolute atomic E-state index is 0. The summed E-state index contributed by atoms with van der Waals surface area (Å²) in [7, 11) is 3.21. The van der Waals surface area contributed by atoms with Gasteiger partial charge in [0, 0.05) is 0 Å². The summed E-state index contributed by atoms with van der Waals surface area (Å²) in [6.07, 6.45) is 1.26. The monoisotopic (exact) mass is 227 g/mol. The third-order valence-electron chi connectivity index (χ3n) is 2.28. The van der Waals surface area contributed by atoms with Gasteiger partial charge in [-0.25, -0.2) is 0 Å². The van der Waals surface area contributed by atoms with Gasteiger partial charge in [0.2, 0.25) is 0 Å². The van der Waals surface area contributed by atoms with Crippen LogP contribution in [-0.2, 0) is 0 Å². The van der Waals surface area contributed by atoms with Gasteiger partial charge in [-0.15, -0.1) is 0 Å². The van der Waals surface area contributed by atoms with Crippen LogP contribution in [0.1, 0.15) is 13.3 Å². The maximum absolute atomic E-state index is 5.37. The Morgan fingerprint density at radius 1 is 1.20 bits per heavy atom. The van der Waals surface area contributed by atoms with E-state index in [4.69, 9.17) is 9.47 Å². The van der Waals surface area contributed by atoms with Gasteiger partial charge in [-0.3, -0.25) is 0 Å². The molecule has 86 valence electrons. The van der Waals surface area contributed by atoms with Crippen molar-refractivity contribution in [1.29, 1.82) is 0 Å². The normalized spacial score (nSPS) is 10.1. The topological polar surface area (TPSA) is 53.5 Å². The summed E-state index contributed by atoms with van der Waals surface area (Å²) in [6, 6.07) is 7.47. The van der Waals surface area contributed by atoms with Crippen molar-refractivity contribution in [2.24, 2.45) is 0 Å². The minimum atomic E-state index is -0.187. The first kappa shape index (κ1) is 14.0. The van der Waals surface area contributed by atoms with Gasteiger partial charge in [-0.05, 0) is 11.3 Å². The van der Waals surface area contributed by atoms with Gasteiger partial charge in [0.25, 0.3) is 0 Å². The molecule has 0 heterocycles. The predicted octanol–water partition coefficient (Wildman–Crippen LogP) is 1.49. The molecule has 4 heteroatoms. The van der Waals surface area contributed by atoms with Crippen LogP contribution >= 0.6 is 0 Å². The summed E-state index contributed by atoms with van der Waals surface area (Å²) in [4.78, 5) is 0. The highest BCUT2D eigenvalue weighted by atomic mass is 28.2. The van der Waals surface area contributed by atoms with Gasteiger partial charge in [0.1, 0.15) is 0 Å². The quantitative estimate of drug-likeness (QED) is 0.775. The molecule has 1 rings (SSSR count). The molecule has 0 spiro atoms. The van der Waals surface area contributed by atoms with Crippen molar-refractivity contribution in [3.05, 3.63) is 18.2 Å². The second-order valence-corrected chi connectivity index (χ2v) is 5.23. The van der Waals surface area contributed by atoms with E-state index in [0.717, 1.165) is 11.5 Å². The van der Waals surface area contributed by atoms with E-state index in [2.05, 4.69) is 13.0 Å². The highest BCUT2D eigenvalue weighted by molar-refractivity contribution is 6.54. The highest BCUT2D eigenvalue weighted by Crippen LogP contribution is 2.23. The van der Waals surface area contributed by atoms with E-state index in [9.17, 15) is 0 Å². The van der Waals surface area contributed by atoms with Gasteiger partial charge in [-0.2, -0.15) is 0 Å². The zero-order valence-electron chi connectivity index (χ0n) is 9.88. The van der Waals surface area contributed by atoms with Crippen LogP contribution in [0.25, 0.3) is 0 Å². The second kappa shape index (κ2) is 7.31. The number of hydrogen-bond donors (Lipinski definition) is 1. The SMILES string of the molecule is CCC[SiH2]c1cccc(OC)c1OC.N. The Labute approximate surface area is 94.2 Å². The van der Waals surface area contributed by atoms with Crippen molar-refractivity contribution < 1.29 is 9.47 Å². The Balaban J connectivity index is 0.00000196. The Morgan fingerprint density at radius 3 is 2.47 bits per heavy atom. The third-order valence-corrected chi connectivity index (χ3v) is 4.44. The van der Waals surface area contributed by atoms with Crippen LogP contribution in [0.2, 0.25) is 6.04 Å². The first-order valence-corrected chi connectivity index (χ1v) is 6.74. The Morgan fingerprint density at radius 2 is 1.93 bits per heavy atom. The van der Waals surface area contributed by atoms with E-state index in [1.807, 2.05) is 12.1 Å². The van der Waals surface area contributed by atoms with Crippen molar-refractivity contribution in [1.82, 2.24) is 6.15 Å². The van der Waals surface area contributed by atoms with E-state index in [1.165, 1.54) is 17.7 Å². The first-order valence-electron chi connectivity index (χ1n) is 5.03. The van der Waals surface area contributed by atoms with E-state index in [-0.39, 0.29) is 15.7 Å². The highest BCUT2D eigenvalue weighted by Gasteiger charge is 2.08. The van der Waals surface area contributed by atoms with Crippen molar-refractivity contribution in [3.63, 3.8) is 0 Å². The van der Waals surface area contributed by atoms with Crippen LogP contribution in [0.5, 0.6) is 11.5 Å². The molecule has 0 saturated carbocycles. The van der Waals surface area contributed by atoms with Crippen LogP contribution in [0.4, 0.5) is 0 Å².